The molecule has 3 heterocycles. The van der Waals surface area contributed by atoms with Crippen molar-refractivity contribution in [2.75, 3.05) is 45.9 Å². The Bertz CT molecular complexity index is 5430. The van der Waals surface area contributed by atoms with Gasteiger partial charge in [0.05, 0.1) is 52.2 Å². The highest BCUT2D eigenvalue weighted by Gasteiger charge is 2.40. The van der Waals surface area contributed by atoms with Crippen molar-refractivity contribution in [3.8, 4) is 41.3 Å². The molecule has 0 spiro atoms. The fourth-order valence-corrected chi connectivity index (χ4v) is 15.2. The number of nitrogens with zero attached hydrogens (tertiary/aromatic N) is 4. The third kappa shape index (κ3) is 44.6. The maximum atomic E-state index is 13.2. The number of carbonyl (C=O) groups is 9. The van der Waals surface area contributed by atoms with Gasteiger partial charge < -0.3 is 95.3 Å². The minimum Gasteiger partial charge on any atom is -0.480 e. The van der Waals surface area contributed by atoms with Crippen molar-refractivity contribution >= 4 is 59.5 Å². The van der Waals surface area contributed by atoms with E-state index in [-0.39, 0.29) is 29.2 Å². The fourth-order valence-electron chi connectivity index (χ4n) is 15.2. The summed E-state index contributed by atoms with van der Waals surface area (Å²) in [7, 11) is 0. The number of ketones is 1. The van der Waals surface area contributed by atoms with Crippen LogP contribution in [0.1, 0.15) is 266 Å². The number of aliphatic hydroxyl groups excluding tert-OH is 3. The molecule has 0 unspecified atom stereocenters. The number of esters is 3. The quantitative estimate of drug-likeness (QED) is 0.00944. The summed E-state index contributed by atoms with van der Waals surface area (Å²) in [5, 5.41) is 58.3. The van der Waals surface area contributed by atoms with Crippen LogP contribution >= 0.6 is 0 Å². The number of likely N-dealkylation sites (tertiary alicyclic amines) is 3. The number of carboxylic acids is 1. The lowest BCUT2D eigenvalue weighted by atomic mass is 9.89. The SMILES string of the molecule is C[C@@H](O)[C@H](NC(=O)N1CCC(c2ccc(C#Cc3ccccc3)cc2)CC1)C(=O)CO.C[C@@H](O)[C@H](NC(=O)N1CCC(c2ccc(C#Cc3ccccc3)cc2)CC1)C(=O)O.C[C@@H](OC(C)(C)C)[C@H](N)C(=O)OC(C)(C)C.C[C@@H](OC(C)(C)C)[C@H](NC(=O)N1CCC(c2ccc(C#Cc3ccccc3)cc2)CC1)C(=O)OC(C)(C)C.C[C@@H](OC(C)(C)C)[C@H](NC(=O)Oc1ccc([N+](=O)[O-])cc1)C(=O)OC(C)(C)C. The van der Waals surface area contributed by atoms with Gasteiger partial charge in [-0.25, -0.2) is 33.6 Å². The van der Waals surface area contributed by atoms with E-state index in [9.17, 15) is 63.5 Å². The molecule has 3 fully saturated rings. The first-order chi connectivity index (χ1) is 66.8. The summed E-state index contributed by atoms with van der Waals surface area (Å²) in [6, 6.07) is 53.2. The highest BCUT2D eigenvalue weighted by molar-refractivity contribution is 5.90. The van der Waals surface area contributed by atoms with Crippen LogP contribution in [0.5, 0.6) is 5.75 Å². The van der Waals surface area contributed by atoms with E-state index in [0.717, 1.165) is 71.9 Å². The van der Waals surface area contributed by atoms with Crippen molar-refractivity contribution in [2.24, 2.45) is 5.73 Å². The van der Waals surface area contributed by atoms with Crippen LogP contribution in [-0.4, -0.2) is 234 Å². The van der Waals surface area contributed by atoms with E-state index in [4.69, 9.17) is 49.1 Å². The highest BCUT2D eigenvalue weighted by Crippen LogP contribution is 2.33. The number of aliphatic hydroxyl groups is 3. The Morgan fingerprint density at radius 3 is 0.909 bits per heavy atom. The number of ether oxygens (including phenoxy) is 7. The van der Waals surface area contributed by atoms with Crippen LogP contribution in [0.15, 0.2) is 188 Å². The first-order valence-electron chi connectivity index (χ1n) is 48.4. The van der Waals surface area contributed by atoms with E-state index in [2.05, 4.69) is 105 Å². The van der Waals surface area contributed by atoms with Gasteiger partial charge in [-0.05, 0) is 317 Å². The number of non-ortho nitro benzene ring substituents is 1. The second kappa shape index (κ2) is 55.6. The summed E-state index contributed by atoms with van der Waals surface area (Å²) in [4.78, 5) is 125. The van der Waals surface area contributed by atoms with Crippen molar-refractivity contribution in [3.63, 3.8) is 0 Å². The largest absolute Gasteiger partial charge is 0.480 e. The number of amides is 7. The maximum absolute atomic E-state index is 13.2. The lowest BCUT2D eigenvalue weighted by molar-refractivity contribution is -0.384. The molecule has 774 valence electrons. The summed E-state index contributed by atoms with van der Waals surface area (Å²) in [6.07, 6.45) is 0.200. The number of nitro groups is 1. The van der Waals surface area contributed by atoms with Crippen LogP contribution in [0.2, 0.25) is 0 Å². The molecule has 143 heavy (non-hydrogen) atoms. The number of Topliss-reactive ketones (excluding diaryl/α,β-unsaturated/α-hetero) is 1. The zero-order valence-electron chi connectivity index (χ0n) is 87.1. The van der Waals surface area contributed by atoms with E-state index in [1.54, 1.807) is 56.2 Å². The molecule has 31 nitrogen and oxygen atoms in total. The van der Waals surface area contributed by atoms with Crippen LogP contribution < -0.4 is 31.7 Å². The number of benzene rings is 7. The molecule has 3 aliphatic heterocycles. The smallest absolute Gasteiger partial charge is 0.413 e. The van der Waals surface area contributed by atoms with E-state index < -0.39 is 142 Å². The average molecular weight is 1970 g/mol. The Balaban J connectivity index is 0.000000279. The monoisotopic (exact) mass is 1970 g/mol. The Labute approximate surface area is 843 Å². The predicted octanol–water partition coefficient (Wildman–Crippen LogP) is 16.4. The molecule has 10 atom stereocenters. The summed E-state index contributed by atoms with van der Waals surface area (Å²) in [5.41, 5.74) is 11.9. The minimum atomic E-state index is -1.31. The Morgan fingerprint density at radius 2 is 0.643 bits per heavy atom. The third-order valence-electron chi connectivity index (χ3n) is 22.0. The molecule has 31 heteroatoms. The van der Waals surface area contributed by atoms with Gasteiger partial charge in [0, 0.05) is 84.8 Å². The molecule has 3 aliphatic rings. The van der Waals surface area contributed by atoms with Crippen molar-refractivity contribution < 1.29 is 102 Å². The number of aliphatic carboxylic acids is 1. The first kappa shape index (κ1) is 119. The number of hydrogen-bond acceptors (Lipinski definition) is 22. The van der Waals surface area contributed by atoms with Crippen LogP contribution in [-0.2, 0) is 52.4 Å². The second-order valence-electron chi connectivity index (χ2n) is 41.4. The first-order valence-corrected chi connectivity index (χ1v) is 48.4. The number of nitro benzene ring substituents is 1. The third-order valence-corrected chi connectivity index (χ3v) is 22.0. The lowest BCUT2D eigenvalue weighted by Crippen LogP contribution is -2.56. The predicted molar refractivity (Wildman–Crippen MR) is 550 cm³/mol. The standard InChI is InChI=1S/C32H42N2O4.C25H28N2O4.C24H26N2O4.C19H28N2O7.C12H25NO3/c1-23(37-31(2,3)4)28(29(35)38-32(5,6)7)33-30(36)34-21-19-27(20-22-34)26-17-15-25(16-18-26)14-13-24-11-9-8-10-12-24;1-18(29)24(23(30)17-28)26-25(31)27-15-13-22(14-16-27)21-11-9-20(10-12-21)8-7-19-5-3-2-4-6-19;1-17(27)22(23(28)29)25-24(30)26-15-13-21(14-16-26)20-11-9-19(10-12-20)8-7-18-5-3-2-4-6-18;1-12(27-18(2,3)4)15(16(22)28-19(5,6)7)20-17(23)26-14-10-8-13(9-11-14)21(24)25;1-8(15-11(2,3)4)9(13)10(14)16-12(5,6)7/h8-12,15-18,23,27-28H,19-22H2,1-7H3,(H,33,36);2-6,9-12,18,22,24,28-29H,13-17H2,1H3,(H,26,31);2-6,9-12,17,21-22,27H,13-16H2,1H3,(H,25,30)(H,28,29);8-12,15H,1-7H3,(H,20,23);8-9H,13H2,1-7H3/t23-,28+;18-,24+;17-,22+;12-,15+;8-,9+/m11111/s1. The number of nitrogens with two attached hydrogens (primary N) is 1. The molecule has 7 aromatic rings. The van der Waals surface area contributed by atoms with Crippen LogP contribution in [0.25, 0.3) is 0 Å². The number of nitrogens with one attached hydrogen (secondary N) is 4. The molecule has 0 aliphatic carbocycles. The number of carbonyl (C=O) groups excluding carboxylic acids is 8. The minimum absolute atomic E-state index is 0.0930. The van der Waals surface area contributed by atoms with Gasteiger partial charge in [0.2, 0.25) is 0 Å². The van der Waals surface area contributed by atoms with Crippen LogP contribution in [0.3, 0.4) is 0 Å². The molecule has 3 saturated heterocycles. The van der Waals surface area contributed by atoms with Gasteiger partial charge in [0.15, 0.2) is 23.9 Å². The highest BCUT2D eigenvalue weighted by atomic mass is 16.6. The lowest BCUT2D eigenvalue weighted by Gasteiger charge is -2.35. The molecule has 7 amide bonds. The normalized spacial score (nSPS) is 15.8. The molecule has 0 aromatic heterocycles. The van der Waals surface area contributed by atoms with Gasteiger partial charge in [0.1, 0.15) is 41.2 Å². The Hall–Kier alpha value is -13.0. The fraction of sp³-hybridized carbons (Fsp3) is 0.491. The number of carboxylic acid groups (broad SMARTS) is 1. The van der Waals surface area contributed by atoms with Crippen molar-refractivity contribution in [3.05, 3.63) is 248 Å². The van der Waals surface area contributed by atoms with Crippen molar-refractivity contribution in [2.45, 2.75) is 310 Å². The summed E-state index contributed by atoms with van der Waals surface area (Å²) < 4.78 is 38.6. The Morgan fingerprint density at radius 1 is 0.378 bits per heavy atom. The molecule has 0 saturated carbocycles. The molecule has 0 bridgehead atoms. The molecular weight excluding hydrogens is 1820 g/mol. The van der Waals surface area contributed by atoms with E-state index in [1.165, 1.54) is 54.8 Å². The van der Waals surface area contributed by atoms with Crippen molar-refractivity contribution in [1.29, 1.82) is 0 Å². The zero-order valence-corrected chi connectivity index (χ0v) is 87.1. The van der Waals surface area contributed by atoms with Crippen LogP contribution in [0.4, 0.5) is 24.9 Å². The van der Waals surface area contributed by atoms with E-state index in [0.29, 0.717) is 57.0 Å². The number of piperidine rings is 3. The van der Waals surface area contributed by atoms with Crippen molar-refractivity contribution in [1.82, 2.24) is 36.0 Å². The zero-order chi connectivity index (χ0) is 106. The van der Waals surface area contributed by atoms with Crippen LogP contribution in [0, 0.1) is 45.6 Å². The molecule has 10 N–H and O–H groups in total. The topological polar surface area (TPSA) is 426 Å². The summed E-state index contributed by atoms with van der Waals surface area (Å²) in [5.74, 6) is 16.8. The molecule has 7 aromatic carbocycles. The summed E-state index contributed by atoms with van der Waals surface area (Å²) in [6.45, 7) is 43.7. The van der Waals surface area contributed by atoms with Gasteiger partial charge in [-0.1, -0.05) is 127 Å². The van der Waals surface area contributed by atoms with Gasteiger partial charge in [-0.15, -0.1) is 0 Å². The molecular formula is C112H149N9O22. The number of rotatable bonds is 23. The molecule has 0 radical (unpaired) electrons. The summed E-state index contributed by atoms with van der Waals surface area (Å²) >= 11 is 0. The number of hydrogen-bond donors (Lipinski definition) is 9. The number of urea groups is 3. The second-order valence-corrected chi connectivity index (χ2v) is 41.4. The Kier molecular flexibility index (Phi) is 46.1. The maximum Gasteiger partial charge on any atom is 0.413 e. The average Bonchev–Trinajstić information content (AvgIpc) is 0.845. The van der Waals surface area contributed by atoms with Gasteiger partial charge in [-0.2, -0.15) is 0 Å². The molecule has 10 rings (SSSR count). The van der Waals surface area contributed by atoms with E-state index in [1.807, 2.05) is 219 Å². The van der Waals surface area contributed by atoms with Gasteiger partial charge >= 0.3 is 48.1 Å². The van der Waals surface area contributed by atoms with E-state index >= 15 is 0 Å². The van der Waals surface area contributed by atoms with Gasteiger partial charge in [0.25, 0.3) is 5.69 Å². The van der Waals surface area contributed by atoms with Gasteiger partial charge in [-0.3, -0.25) is 19.7 Å².